The molecule has 2 rings (SSSR count). The van der Waals surface area contributed by atoms with Crippen LogP contribution in [0.15, 0.2) is 30.5 Å². The maximum Gasteiger partial charge on any atom is 0.252 e. The third-order valence-corrected chi connectivity index (χ3v) is 3.41. The van der Waals surface area contributed by atoms with Crippen LogP contribution in [0.1, 0.15) is 21.5 Å². The van der Waals surface area contributed by atoms with Crippen molar-refractivity contribution >= 4 is 46.1 Å². The number of aromatic nitrogens is 1. The number of nitriles is 1. The number of rotatable bonds is 3. The van der Waals surface area contributed by atoms with E-state index in [1.165, 1.54) is 16.8 Å². The van der Waals surface area contributed by atoms with E-state index in [4.69, 9.17) is 39.6 Å². The number of pyridine rings is 1. The molecule has 1 heterocycles. The number of nitrogens with zero attached hydrogens (tertiary/aromatic N) is 2. The summed E-state index contributed by atoms with van der Waals surface area (Å²) in [5.74, 6) is -0.718. The molecule has 0 radical (unpaired) electrons. The molecule has 0 saturated heterocycles. The number of nitrogens with two attached hydrogens (primary N) is 1. The Labute approximate surface area is 147 Å². The predicted molar refractivity (Wildman–Crippen MR) is 89.4 cm³/mol. The summed E-state index contributed by atoms with van der Waals surface area (Å²) in [4.78, 5) is 11.3. The van der Waals surface area contributed by atoms with Crippen molar-refractivity contribution in [2.45, 2.75) is 6.54 Å². The van der Waals surface area contributed by atoms with Crippen molar-refractivity contribution < 1.29 is 4.79 Å². The largest absolute Gasteiger partial charge is 0.365 e. The monoisotopic (exact) mass is 400 g/mol. The van der Waals surface area contributed by atoms with E-state index in [-0.39, 0.29) is 34.6 Å². The Morgan fingerprint density at radius 1 is 1.36 bits per heavy atom. The van der Waals surface area contributed by atoms with Crippen molar-refractivity contribution in [3.05, 3.63) is 62.7 Å². The number of halogens is 3. The maximum absolute atomic E-state index is 11.3. The molecule has 1 amide bonds. The number of benzene rings is 1. The molecule has 0 unspecified atom stereocenters. The van der Waals surface area contributed by atoms with Gasteiger partial charge in [-0.3, -0.25) is 10.2 Å². The second kappa shape index (κ2) is 7.45. The molecule has 1 aromatic heterocycles. The molecular weight excluding hydrogens is 391 g/mol. The topological polar surface area (TPSA) is 95.7 Å². The fourth-order valence-corrected chi connectivity index (χ4v) is 2.26. The van der Waals surface area contributed by atoms with Crippen LogP contribution in [-0.2, 0) is 6.54 Å². The van der Waals surface area contributed by atoms with Gasteiger partial charge >= 0.3 is 0 Å². The fourth-order valence-electron chi connectivity index (χ4n) is 1.88. The van der Waals surface area contributed by atoms with Gasteiger partial charge in [0.1, 0.15) is 11.6 Å². The molecule has 0 aliphatic heterocycles. The van der Waals surface area contributed by atoms with Crippen LogP contribution in [0.4, 0.5) is 0 Å². The minimum Gasteiger partial charge on any atom is -0.365 e. The van der Waals surface area contributed by atoms with Gasteiger partial charge in [-0.25, -0.2) is 0 Å². The summed E-state index contributed by atoms with van der Waals surface area (Å²) in [6, 6.07) is 8.31. The first kappa shape index (κ1) is 18.2. The molecule has 5 nitrogen and oxygen atoms in total. The number of amides is 1. The van der Waals surface area contributed by atoms with Crippen molar-refractivity contribution in [1.29, 1.82) is 10.7 Å². The third-order valence-electron chi connectivity index (χ3n) is 2.87. The molecular formula is C14H11BrCl2N4O. The van der Waals surface area contributed by atoms with Crippen molar-refractivity contribution in [3.8, 4) is 6.07 Å². The second-order valence-electron chi connectivity index (χ2n) is 4.34. The maximum atomic E-state index is 11.3. The van der Waals surface area contributed by atoms with Crippen LogP contribution in [0.25, 0.3) is 0 Å². The van der Waals surface area contributed by atoms with Gasteiger partial charge in [-0.15, -0.1) is 17.0 Å². The third kappa shape index (κ3) is 3.89. The van der Waals surface area contributed by atoms with Crippen LogP contribution in [-0.4, -0.2) is 10.5 Å². The van der Waals surface area contributed by atoms with Gasteiger partial charge in [0.25, 0.3) is 5.91 Å². The Hall–Kier alpha value is -1.81. The summed E-state index contributed by atoms with van der Waals surface area (Å²) in [6.45, 7) is 0.269. The molecule has 0 spiro atoms. The Kier molecular flexibility index (Phi) is 6.18. The smallest absolute Gasteiger partial charge is 0.252 e. The summed E-state index contributed by atoms with van der Waals surface area (Å²) in [6.07, 6.45) is 1.52. The average Bonchev–Trinajstić information content (AvgIpc) is 2.44. The highest BCUT2D eigenvalue weighted by molar-refractivity contribution is 8.93. The molecule has 0 aliphatic carbocycles. The molecule has 0 bridgehead atoms. The van der Waals surface area contributed by atoms with E-state index in [9.17, 15) is 4.79 Å². The molecule has 3 N–H and O–H groups in total. The number of hydrogen-bond donors (Lipinski definition) is 2. The van der Waals surface area contributed by atoms with Crippen LogP contribution in [0, 0.1) is 16.7 Å². The van der Waals surface area contributed by atoms with E-state index < -0.39 is 5.91 Å². The lowest BCUT2D eigenvalue weighted by molar-refractivity contribution is 0.0998. The normalized spacial score (nSPS) is 9.68. The molecule has 8 heteroatoms. The lowest BCUT2D eigenvalue weighted by atomic mass is 10.1. The number of carbonyl (C=O) groups is 1. The van der Waals surface area contributed by atoms with Crippen molar-refractivity contribution in [2.75, 3.05) is 0 Å². The molecule has 114 valence electrons. The van der Waals surface area contributed by atoms with Crippen molar-refractivity contribution in [1.82, 2.24) is 4.57 Å². The standard InChI is InChI=1S/C14H10Cl2N4O.BrH/c15-10-4-11(14(19)21)13(18)20(7-10)6-8-1-2-12(16)9(3-8)5-17;/h1-4,7,18H,6H2,(H2,19,21);1H. The van der Waals surface area contributed by atoms with Crippen LogP contribution in [0.2, 0.25) is 10.0 Å². The van der Waals surface area contributed by atoms with Gasteiger partial charge in [-0.2, -0.15) is 5.26 Å². The number of hydrogen-bond acceptors (Lipinski definition) is 3. The van der Waals surface area contributed by atoms with E-state index in [2.05, 4.69) is 0 Å². The van der Waals surface area contributed by atoms with Crippen LogP contribution < -0.4 is 11.2 Å². The lowest BCUT2D eigenvalue weighted by Crippen LogP contribution is -2.29. The van der Waals surface area contributed by atoms with E-state index in [1.807, 2.05) is 6.07 Å². The zero-order chi connectivity index (χ0) is 15.6. The highest BCUT2D eigenvalue weighted by Crippen LogP contribution is 2.17. The average molecular weight is 402 g/mol. The summed E-state index contributed by atoms with van der Waals surface area (Å²) in [7, 11) is 0. The van der Waals surface area contributed by atoms with Gasteiger partial charge < -0.3 is 10.3 Å². The zero-order valence-electron chi connectivity index (χ0n) is 11.1. The zero-order valence-corrected chi connectivity index (χ0v) is 14.4. The van der Waals surface area contributed by atoms with Gasteiger partial charge in [0.2, 0.25) is 0 Å². The highest BCUT2D eigenvalue weighted by atomic mass is 79.9. The quantitative estimate of drug-likeness (QED) is 0.826. The second-order valence-corrected chi connectivity index (χ2v) is 5.18. The lowest BCUT2D eigenvalue weighted by Gasteiger charge is -2.10. The summed E-state index contributed by atoms with van der Waals surface area (Å²) < 4.78 is 1.48. The van der Waals surface area contributed by atoms with E-state index >= 15 is 0 Å². The minimum absolute atomic E-state index is 0. The van der Waals surface area contributed by atoms with Gasteiger partial charge in [-0.1, -0.05) is 29.3 Å². The van der Waals surface area contributed by atoms with Gasteiger partial charge in [0.05, 0.1) is 21.2 Å². The van der Waals surface area contributed by atoms with E-state index in [0.717, 1.165) is 5.56 Å². The number of nitrogens with one attached hydrogen (secondary N) is 1. The number of carbonyl (C=O) groups excluding carboxylic acids is 1. The molecule has 1 aromatic carbocycles. The summed E-state index contributed by atoms with van der Waals surface area (Å²) >= 11 is 11.8. The Morgan fingerprint density at radius 2 is 2.05 bits per heavy atom. The molecule has 0 atom stereocenters. The van der Waals surface area contributed by atoms with E-state index in [1.54, 1.807) is 18.2 Å². The first-order chi connectivity index (χ1) is 9.92. The summed E-state index contributed by atoms with van der Waals surface area (Å²) in [5, 5.41) is 17.6. The van der Waals surface area contributed by atoms with Gasteiger partial charge in [0, 0.05) is 12.7 Å². The minimum atomic E-state index is -0.718. The predicted octanol–water partition coefficient (Wildman–Crippen LogP) is 2.87. The molecule has 2 aromatic rings. The van der Waals surface area contributed by atoms with Crippen molar-refractivity contribution in [3.63, 3.8) is 0 Å². The number of primary amides is 1. The van der Waals surface area contributed by atoms with Crippen LogP contribution in [0.3, 0.4) is 0 Å². The summed E-state index contributed by atoms with van der Waals surface area (Å²) in [5.41, 5.74) is 6.32. The molecule has 22 heavy (non-hydrogen) atoms. The Morgan fingerprint density at radius 3 is 2.64 bits per heavy atom. The fraction of sp³-hybridized carbons (Fsp3) is 0.0714. The first-order valence-electron chi connectivity index (χ1n) is 5.85. The molecule has 0 saturated carbocycles. The van der Waals surface area contributed by atoms with Crippen molar-refractivity contribution in [2.24, 2.45) is 5.73 Å². The molecule has 0 aliphatic rings. The molecule has 0 fully saturated rings. The first-order valence-corrected chi connectivity index (χ1v) is 6.61. The van der Waals surface area contributed by atoms with Crippen LogP contribution >= 0.6 is 40.2 Å². The van der Waals surface area contributed by atoms with E-state index in [0.29, 0.717) is 15.6 Å². The SMILES string of the molecule is Br.N#Cc1cc(Cn2cc(Cl)cc(C(N)=O)c2=N)ccc1Cl. The highest BCUT2D eigenvalue weighted by Gasteiger charge is 2.09. The van der Waals surface area contributed by atoms with Gasteiger partial charge in [0.15, 0.2) is 0 Å². The Balaban J connectivity index is 0.00000242. The van der Waals surface area contributed by atoms with Gasteiger partial charge in [-0.05, 0) is 23.8 Å². The van der Waals surface area contributed by atoms with Crippen LogP contribution in [0.5, 0.6) is 0 Å². The Bertz CT molecular complexity index is 827.